The van der Waals surface area contributed by atoms with Crippen LogP contribution in [0, 0.1) is 0 Å². The van der Waals surface area contributed by atoms with Crippen LogP contribution in [0.15, 0.2) is 48.5 Å². The zero-order valence-electron chi connectivity index (χ0n) is 12.0. The number of halogens is 1. The highest BCUT2D eigenvalue weighted by Gasteiger charge is 2.22. The third-order valence-corrected chi connectivity index (χ3v) is 3.54. The van der Waals surface area contributed by atoms with Crippen LogP contribution in [0.1, 0.15) is 20.8 Å². The van der Waals surface area contributed by atoms with E-state index in [1.165, 1.54) is 16.8 Å². The van der Waals surface area contributed by atoms with Gasteiger partial charge in [-0.05, 0) is 30.3 Å². The van der Waals surface area contributed by atoms with Crippen LogP contribution in [0.4, 0.5) is 0 Å². The number of rotatable bonds is 4. The van der Waals surface area contributed by atoms with Crippen molar-refractivity contribution in [3.8, 4) is 16.9 Å². The van der Waals surface area contributed by atoms with Crippen molar-refractivity contribution in [3.63, 3.8) is 0 Å². The summed E-state index contributed by atoms with van der Waals surface area (Å²) < 4.78 is 1.28. The van der Waals surface area contributed by atoms with E-state index in [0.717, 1.165) is 0 Å². The number of aromatic nitrogens is 3. The van der Waals surface area contributed by atoms with Crippen molar-refractivity contribution in [3.05, 3.63) is 64.8 Å². The fourth-order valence-corrected chi connectivity index (χ4v) is 2.46. The number of aromatic carboxylic acids is 2. The van der Waals surface area contributed by atoms with Crippen molar-refractivity contribution in [2.75, 3.05) is 0 Å². The van der Waals surface area contributed by atoms with Gasteiger partial charge in [0.2, 0.25) is 0 Å². The topological polar surface area (TPSA) is 105 Å². The minimum absolute atomic E-state index is 0.0527. The van der Waals surface area contributed by atoms with E-state index in [2.05, 4.69) is 10.3 Å². The van der Waals surface area contributed by atoms with Crippen LogP contribution in [0.2, 0.25) is 5.02 Å². The molecule has 1 heterocycles. The average molecular weight is 344 g/mol. The van der Waals surface area contributed by atoms with E-state index in [1.54, 1.807) is 36.4 Å². The van der Waals surface area contributed by atoms with Gasteiger partial charge in [0.1, 0.15) is 5.69 Å². The van der Waals surface area contributed by atoms with Crippen LogP contribution in [0.3, 0.4) is 0 Å². The van der Waals surface area contributed by atoms with E-state index in [1.807, 2.05) is 0 Å². The molecule has 0 amide bonds. The van der Waals surface area contributed by atoms with Crippen LogP contribution in [0.25, 0.3) is 16.9 Å². The maximum Gasteiger partial charge on any atom is 0.358 e. The predicted octanol–water partition coefficient (Wildman–Crippen LogP) is 2.98. The lowest BCUT2D eigenvalue weighted by atomic mass is 10.1. The smallest absolute Gasteiger partial charge is 0.358 e. The van der Waals surface area contributed by atoms with E-state index in [9.17, 15) is 14.7 Å². The first-order chi connectivity index (χ1) is 11.5. The largest absolute Gasteiger partial charge is 0.478 e. The summed E-state index contributed by atoms with van der Waals surface area (Å²) in [7, 11) is 0. The van der Waals surface area contributed by atoms with Gasteiger partial charge in [0.25, 0.3) is 0 Å². The molecule has 3 rings (SSSR count). The second-order valence-electron chi connectivity index (χ2n) is 4.87. The molecule has 7 nitrogen and oxygen atoms in total. The van der Waals surface area contributed by atoms with Gasteiger partial charge in [0.15, 0.2) is 5.69 Å². The normalized spacial score (nSPS) is 10.5. The first-order valence-electron chi connectivity index (χ1n) is 6.76. The lowest BCUT2D eigenvalue weighted by Gasteiger charge is -2.08. The number of hydrogen-bond donors (Lipinski definition) is 2. The Labute approximate surface area is 140 Å². The van der Waals surface area contributed by atoms with Crippen LogP contribution in [-0.4, -0.2) is 37.1 Å². The molecule has 0 spiro atoms. The average Bonchev–Trinajstić information content (AvgIpc) is 3.00. The fourth-order valence-electron chi connectivity index (χ4n) is 2.27. The Morgan fingerprint density at radius 1 is 1.00 bits per heavy atom. The lowest BCUT2D eigenvalue weighted by Crippen LogP contribution is -2.04. The molecule has 0 bridgehead atoms. The van der Waals surface area contributed by atoms with Crippen LogP contribution in [-0.2, 0) is 0 Å². The van der Waals surface area contributed by atoms with Crippen LogP contribution < -0.4 is 0 Å². The zero-order valence-corrected chi connectivity index (χ0v) is 12.8. The summed E-state index contributed by atoms with van der Waals surface area (Å²) in [5.41, 5.74) is 0.901. The monoisotopic (exact) mass is 343 g/mol. The molecule has 0 atom stereocenters. The van der Waals surface area contributed by atoms with E-state index in [0.29, 0.717) is 16.3 Å². The standard InChI is InChI=1S/C16H10ClN3O4/c17-11-5-1-3-9(7-11)14-13(16(23)24)18-19-20(14)12-6-2-4-10(8-12)15(21)22/h1-8H,(H,21,22)(H,23,24). The molecule has 0 fully saturated rings. The van der Waals surface area contributed by atoms with E-state index in [4.69, 9.17) is 16.7 Å². The van der Waals surface area contributed by atoms with Gasteiger partial charge in [-0.25, -0.2) is 14.3 Å². The SMILES string of the molecule is O=C(O)c1cccc(-n2nnc(C(=O)O)c2-c2cccc(Cl)c2)c1. The van der Waals surface area contributed by atoms with Gasteiger partial charge in [-0.15, -0.1) is 5.10 Å². The Hall–Kier alpha value is -3.19. The lowest BCUT2D eigenvalue weighted by molar-refractivity contribution is 0.0683. The second-order valence-corrected chi connectivity index (χ2v) is 5.31. The molecule has 2 aromatic carbocycles. The number of carbonyl (C=O) groups is 2. The second kappa shape index (κ2) is 6.13. The quantitative estimate of drug-likeness (QED) is 0.754. The Morgan fingerprint density at radius 2 is 1.75 bits per heavy atom. The van der Waals surface area contributed by atoms with Gasteiger partial charge in [0.05, 0.1) is 11.3 Å². The van der Waals surface area contributed by atoms with Crippen molar-refractivity contribution in [1.29, 1.82) is 0 Å². The van der Waals surface area contributed by atoms with Gasteiger partial charge in [0, 0.05) is 10.6 Å². The van der Waals surface area contributed by atoms with Crippen LogP contribution in [0.5, 0.6) is 0 Å². The van der Waals surface area contributed by atoms with E-state index >= 15 is 0 Å². The summed E-state index contributed by atoms with van der Waals surface area (Å²) in [5, 5.41) is 26.5. The molecular formula is C16H10ClN3O4. The Morgan fingerprint density at radius 3 is 2.42 bits per heavy atom. The van der Waals surface area contributed by atoms with Crippen molar-refractivity contribution in [1.82, 2.24) is 15.0 Å². The van der Waals surface area contributed by atoms with Gasteiger partial charge >= 0.3 is 11.9 Å². The van der Waals surface area contributed by atoms with Gasteiger partial charge in [-0.3, -0.25) is 0 Å². The first kappa shape index (κ1) is 15.7. The molecule has 0 aliphatic heterocycles. The van der Waals surface area contributed by atoms with E-state index in [-0.39, 0.29) is 17.0 Å². The molecule has 3 aromatic rings. The third-order valence-electron chi connectivity index (χ3n) is 3.31. The maximum absolute atomic E-state index is 11.5. The predicted molar refractivity (Wildman–Crippen MR) is 85.7 cm³/mol. The Kier molecular flexibility index (Phi) is 4.01. The molecule has 120 valence electrons. The van der Waals surface area contributed by atoms with Crippen molar-refractivity contribution in [2.45, 2.75) is 0 Å². The Balaban J connectivity index is 2.25. The molecule has 24 heavy (non-hydrogen) atoms. The summed E-state index contributed by atoms with van der Waals surface area (Å²) in [6.07, 6.45) is 0. The molecule has 8 heteroatoms. The summed E-state index contributed by atoms with van der Waals surface area (Å²) in [6.45, 7) is 0. The minimum Gasteiger partial charge on any atom is -0.478 e. The van der Waals surface area contributed by atoms with Crippen LogP contribution >= 0.6 is 11.6 Å². The molecule has 2 N–H and O–H groups in total. The molecule has 0 radical (unpaired) electrons. The number of nitrogens with zero attached hydrogens (tertiary/aromatic N) is 3. The number of hydrogen-bond acceptors (Lipinski definition) is 4. The van der Waals surface area contributed by atoms with Crippen molar-refractivity contribution < 1.29 is 19.8 Å². The number of benzene rings is 2. The maximum atomic E-state index is 11.5. The fraction of sp³-hybridized carbons (Fsp3) is 0. The summed E-state index contributed by atoms with van der Waals surface area (Å²) in [4.78, 5) is 22.6. The molecular weight excluding hydrogens is 334 g/mol. The summed E-state index contributed by atoms with van der Waals surface area (Å²) in [5.74, 6) is -2.34. The first-order valence-corrected chi connectivity index (χ1v) is 7.14. The van der Waals surface area contributed by atoms with Crippen molar-refractivity contribution >= 4 is 23.5 Å². The molecule has 1 aromatic heterocycles. The summed E-state index contributed by atoms with van der Waals surface area (Å²) >= 11 is 5.98. The molecule has 0 unspecified atom stereocenters. The molecule has 0 aliphatic carbocycles. The minimum atomic E-state index is -1.24. The van der Waals surface area contributed by atoms with Crippen molar-refractivity contribution in [2.24, 2.45) is 0 Å². The zero-order chi connectivity index (χ0) is 17.3. The summed E-state index contributed by atoms with van der Waals surface area (Å²) in [6, 6.07) is 12.6. The highest BCUT2D eigenvalue weighted by molar-refractivity contribution is 6.30. The highest BCUT2D eigenvalue weighted by atomic mass is 35.5. The van der Waals surface area contributed by atoms with Gasteiger partial charge in [-0.1, -0.05) is 35.0 Å². The molecule has 0 saturated heterocycles. The van der Waals surface area contributed by atoms with Gasteiger partial charge in [-0.2, -0.15) is 0 Å². The number of carboxylic acids is 2. The number of carboxylic acid groups (broad SMARTS) is 2. The third kappa shape index (κ3) is 2.84. The Bertz CT molecular complexity index is 952. The van der Waals surface area contributed by atoms with Gasteiger partial charge < -0.3 is 10.2 Å². The highest BCUT2D eigenvalue weighted by Crippen LogP contribution is 2.27. The molecule has 0 saturated carbocycles. The van der Waals surface area contributed by atoms with E-state index < -0.39 is 11.9 Å². The molecule has 0 aliphatic rings.